The van der Waals surface area contributed by atoms with Gasteiger partial charge in [0.15, 0.2) is 0 Å². The van der Waals surface area contributed by atoms with E-state index in [-0.39, 0.29) is 12.5 Å². The lowest BCUT2D eigenvalue weighted by molar-refractivity contribution is -0.137. The summed E-state index contributed by atoms with van der Waals surface area (Å²) in [6.45, 7) is 1.27. The molecule has 4 heteroatoms. The summed E-state index contributed by atoms with van der Waals surface area (Å²) in [6, 6.07) is 8.08. The van der Waals surface area contributed by atoms with Crippen LogP contribution in [0.3, 0.4) is 0 Å². The summed E-state index contributed by atoms with van der Waals surface area (Å²) in [5.74, 6) is -0.788. The van der Waals surface area contributed by atoms with Gasteiger partial charge in [0.05, 0.1) is 12.5 Å². The van der Waals surface area contributed by atoms with Gasteiger partial charge < -0.3 is 15.7 Å². The molecule has 0 bridgehead atoms. The second-order valence-corrected chi connectivity index (χ2v) is 4.41. The van der Waals surface area contributed by atoms with E-state index >= 15 is 0 Å². The molecule has 0 saturated heterocycles. The summed E-state index contributed by atoms with van der Waals surface area (Å²) in [5.41, 5.74) is 8.15. The quantitative estimate of drug-likeness (QED) is 0.822. The predicted octanol–water partition coefficient (Wildman–Crippen LogP) is 1.24. The minimum atomic E-state index is -0.788. The molecule has 3 N–H and O–H groups in total. The van der Waals surface area contributed by atoms with Crippen molar-refractivity contribution in [2.45, 2.75) is 25.3 Å². The average Bonchev–Trinajstić information content (AvgIpc) is 2.35. The van der Waals surface area contributed by atoms with Gasteiger partial charge in [0.1, 0.15) is 0 Å². The van der Waals surface area contributed by atoms with E-state index in [2.05, 4.69) is 17.0 Å². The van der Waals surface area contributed by atoms with E-state index in [0.29, 0.717) is 6.54 Å². The van der Waals surface area contributed by atoms with E-state index in [1.807, 2.05) is 12.1 Å². The van der Waals surface area contributed by atoms with Crippen molar-refractivity contribution in [3.05, 3.63) is 29.8 Å². The van der Waals surface area contributed by atoms with E-state index in [1.54, 1.807) is 0 Å². The molecule has 0 spiro atoms. The highest BCUT2D eigenvalue weighted by Crippen LogP contribution is 2.28. The fraction of sp³-hybridized carbons (Fsp3) is 0.462. The summed E-state index contributed by atoms with van der Waals surface area (Å²) in [4.78, 5) is 13.0. The average molecular weight is 234 g/mol. The van der Waals surface area contributed by atoms with Crippen molar-refractivity contribution in [3.63, 3.8) is 0 Å². The standard InChI is InChI=1S/C13H18N2O2/c14-9-11(8-13(16)17)15-7-3-5-10-4-1-2-6-12(10)15/h1-2,4,6,11H,3,5,7-9,14H2,(H,16,17). The number of carboxylic acid groups (broad SMARTS) is 1. The van der Waals surface area contributed by atoms with Gasteiger partial charge in [-0.25, -0.2) is 0 Å². The maximum atomic E-state index is 10.8. The molecule has 1 unspecified atom stereocenters. The number of nitrogens with two attached hydrogens (primary N) is 1. The van der Waals surface area contributed by atoms with E-state index in [4.69, 9.17) is 10.8 Å². The number of rotatable bonds is 4. The summed E-state index contributed by atoms with van der Waals surface area (Å²) >= 11 is 0. The highest BCUT2D eigenvalue weighted by Gasteiger charge is 2.24. The fourth-order valence-electron chi connectivity index (χ4n) is 2.46. The lowest BCUT2D eigenvalue weighted by atomic mass is 9.99. The second-order valence-electron chi connectivity index (χ2n) is 4.41. The minimum absolute atomic E-state index is 0.102. The second kappa shape index (κ2) is 5.19. The number of carbonyl (C=O) groups is 1. The van der Waals surface area contributed by atoms with Crippen LogP contribution in [0.1, 0.15) is 18.4 Å². The molecule has 0 amide bonds. The van der Waals surface area contributed by atoms with Gasteiger partial charge in [0.25, 0.3) is 0 Å². The van der Waals surface area contributed by atoms with Crippen molar-refractivity contribution in [2.75, 3.05) is 18.0 Å². The zero-order valence-corrected chi connectivity index (χ0v) is 9.80. The number of hydrogen-bond acceptors (Lipinski definition) is 3. The Kier molecular flexibility index (Phi) is 3.64. The molecule has 1 atom stereocenters. The van der Waals surface area contributed by atoms with E-state index in [1.165, 1.54) is 5.56 Å². The lowest BCUT2D eigenvalue weighted by Crippen LogP contribution is -2.44. The van der Waals surface area contributed by atoms with Crippen LogP contribution in [0.5, 0.6) is 0 Å². The third-order valence-corrected chi connectivity index (χ3v) is 3.27. The maximum absolute atomic E-state index is 10.8. The van der Waals surface area contributed by atoms with E-state index in [0.717, 1.165) is 25.1 Å². The summed E-state index contributed by atoms with van der Waals surface area (Å²) in [5, 5.41) is 8.91. The molecule has 1 aliphatic heterocycles. The van der Waals surface area contributed by atoms with Crippen LogP contribution in [-0.2, 0) is 11.2 Å². The van der Waals surface area contributed by atoms with Crippen molar-refractivity contribution in [2.24, 2.45) is 5.73 Å². The van der Waals surface area contributed by atoms with Gasteiger partial charge >= 0.3 is 5.97 Å². The van der Waals surface area contributed by atoms with Crippen LogP contribution in [0.25, 0.3) is 0 Å². The summed E-state index contributed by atoms with van der Waals surface area (Å²) in [6.07, 6.45) is 2.23. The SMILES string of the molecule is NCC(CC(=O)O)N1CCCc2ccccc21. The maximum Gasteiger partial charge on any atom is 0.305 e. The van der Waals surface area contributed by atoms with Gasteiger partial charge in [0.2, 0.25) is 0 Å². The number of para-hydroxylation sites is 1. The Morgan fingerprint density at radius 1 is 1.47 bits per heavy atom. The highest BCUT2D eigenvalue weighted by atomic mass is 16.4. The first-order chi connectivity index (χ1) is 8.22. The monoisotopic (exact) mass is 234 g/mol. The molecule has 2 rings (SSSR count). The number of aryl methyl sites for hydroxylation is 1. The molecule has 1 aromatic carbocycles. The van der Waals surface area contributed by atoms with Crippen LogP contribution >= 0.6 is 0 Å². The first kappa shape index (κ1) is 11.9. The zero-order valence-electron chi connectivity index (χ0n) is 9.80. The van der Waals surface area contributed by atoms with Crippen LogP contribution in [-0.4, -0.2) is 30.2 Å². The Balaban J connectivity index is 2.24. The molecule has 17 heavy (non-hydrogen) atoms. The Morgan fingerprint density at radius 2 is 2.24 bits per heavy atom. The van der Waals surface area contributed by atoms with Crippen molar-refractivity contribution in [1.82, 2.24) is 0 Å². The molecule has 0 fully saturated rings. The smallest absolute Gasteiger partial charge is 0.305 e. The van der Waals surface area contributed by atoms with Crippen molar-refractivity contribution < 1.29 is 9.90 Å². The number of aliphatic carboxylic acids is 1. The van der Waals surface area contributed by atoms with Crippen molar-refractivity contribution in [1.29, 1.82) is 0 Å². The molecule has 0 aliphatic carbocycles. The first-order valence-electron chi connectivity index (χ1n) is 5.98. The van der Waals surface area contributed by atoms with Gasteiger partial charge in [-0.05, 0) is 24.5 Å². The zero-order chi connectivity index (χ0) is 12.3. The molecule has 1 heterocycles. The number of anilines is 1. The fourth-order valence-corrected chi connectivity index (χ4v) is 2.46. The molecule has 1 aliphatic rings. The molecule has 4 nitrogen and oxygen atoms in total. The van der Waals surface area contributed by atoms with Gasteiger partial charge in [-0.2, -0.15) is 0 Å². The molecule has 1 aromatic rings. The predicted molar refractivity (Wildman–Crippen MR) is 67.2 cm³/mol. The van der Waals surface area contributed by atoms with Gasteiger partial charge in [-0.3, -0.25) is 4.79 Å². The first-order valence-corrected chi connectivity index (χ1v) is 5.98. The topological polar surface area (TPSA) is 66.6 Å². The summed E-state index contributed by atoms with van der Waals surface area (Å²) in [7, 11) is 0. The third kappa shape index (κ3) is 2.58. The molecular weight excluding hydrogens is 216 g/mol. The number of fused-ring (bicyclic) bond motifs is 1. The Labute approximate surface area is 101 Å². The van der Waals surface area contributed by atoms with Crippen LogP contribution in [0, 0.1) is 0 Å². The van der Waals surface area contributed by atoms with Crippen molar-refractivity contribution >= 4 is 11.7 Å². The molecule has 0 saturated carbocycles. The van der Waals surface area contributed by atoms with Gasteiger partial charge in [-0.15, -0.1) is 0 Å². The Bertz CT molecular complexity index is 406. The molecular formula is C13H18N2O2. The number of benzene rings is 1. The van der Waals surface area contributed by atoms with Gasteiger partial charge in [-0.1, -0.05) is 18.2 Å². The number of carboxylic acids is 1. The number of nitrogens with zero attached hydrogens (tertiary/aromatic N) is 1. The molecule has 0 radical (unpaired) electrons. The lowest BCUT2D eigenvalue weighted by Gasteiger charge is -2.36. The Morgan fingerprint density at radius 3 is 2.94 bits per heavy atom. The molecule has 92 valence electrons. The van der Waals surface area contributed by atoms with Crippen LogP contribution in [0.4, 0.5) is 5.69 Å². The van der Waals surface area contributed by atoms with Crippen LogP contribution < -0.4 is 10.6 Å². The van der Waals surface area contributed by atoms with Crippen LogP contribution in [0.2, 0.25) is 0 Å². The van der Waals surface area contributed by atoms with E-state index < -0.39 is 5.97 Å². The summed E-state index contributed by atoms with van der Waals surface area (Å²) < 4.78 is 0. The normalized spacial score (nSPS) is 16.4. The Hall–Kier alpha value is -1.55. The third-order valence-electron chi connectivity index (χ3n) is 3.27. The van der Waals surface area contributed by atoms with Gasteiger partial charge in [0, 0.05) is 18.8 Å². The largest absolute Gasteiger partial charge is 0.481 e. The number of hydrogen-bond donors (Lipinski definition) is 2. The minimum Gasteiger partial charge on any atom is -0.481 e. The van der Waals surface area contributed by atoms with Crippen molar-refractivity contribution in [3.8, 4) is 0 Å². The molecule has 0 aromatic heterocycles. The van der Waals surface area contributed by atoms with Crippen LogP contribution in [0.15, 0.2) is 24.3 Å². The highest BCUT2D eigenvalue weighted by molar-refractivity contribution is 5.69. The van der Waals surface area contributed by atoms with E-state index in [9.17, 15) is 4.79 Å².